The van der Waals surface area contributed by atoms with Crippen molar-refractivity contribution in [1.82, 2.24) is 10.3 Å². The molecular weight excluding hydrogens is 272 g/mol. The van der Waals surface area contributed by atoms with E-state index in [9.17, 15) is 0 Å². The molecule has 1 heterocycles. The lowest BCUT2D eigenvalue weighted by atomic mass is 9.95. The van der Waals surface area contributed by atoms with Crippen molar-refractivity contribution >= 4 is 33.3 Å². The van der Waals surface area contributed by atoms with Crippen LogP contribution in [0.1, 0.15) is 30.7 Å². The van der Waals surface area contributed by atoms with E-state index in [2.05, 4.69) is 35.8 Å². The van der Waals surface area contributed by atoms with Crippen molar-refractivity contribution in [1.29, 1.82) is 0 Å². The average molecular weight is 292 g/mol. The molecule has 2 unspecified atom stereocenters. The number of thiazole rings is 1. The van der Waals surface area contributed by atoms with Crippen LogP contribution in [0.5, 0.6) is 0 Å². The highest BCUT2D eigenvalue weighted by Crippen LogP contribution is 2.28. The Hall–Kier alpha value is -0.580. The summed E-state index contributed by atoms with van der Waals surface area (Å²) in [5.74, 6) is 0. The first-order chi connectivity index (χ1) is 9.36. The number of fused-ring (bicyclic) bond motifs is 1. The van der Waals surface area contributed by atoms with Crippen LogP contribution in [0.4, 0.5) is 0 Å². The first kappa shape index (κ1) is 13.4. The minimum atomic E-state index is 0.663. The van der Waals surface area contributed by atoms with Crippen LogP contribution < -0.4 is 5.32 Å². The lowest BCUT2D eigenvalue weighted by molar-refractivity contribution is 0.383. The molecule has 3 rings (SSSR count). The van der Waals surface area contributed by atoms with Crippen LogP contribution in [-0.2, 0) is 6.54 Å². The largest absolute Gasteiger partial charge is 0.307 e. The average Bonchev–Trinajstić information content (AvgIpc) is 2.88. The molecule has 1 N–H and O–H groups in total. The molecule has 0 bridgehead atoms. The predicted molar refractivity (Wildman–Crippen MR) is 86.0 cm³/mol. The fourth-order valence-electron chi connectivity index (χ4n) is 2.83. The van der Waals surface area contributed by atoms with E-state index in [1.807, 2.05) is 23.1 Å². The third-order valence-corrected chi connectivity index (χ3v) is 6.07. The number of aromatic nitrogens is 1. The second-order valence-electron chi connectivity index (χ2n) is 5.12. The molecule has 0 radical (unpaired) electrons. The van der Waals surface area contributed by atoms with Crippen LogP contribution in [0.2, 0.25) is 0 Å². The van der Waals surface area contributed by atoms with E-state index < -0.39 is 0 Å². The van der Waals surface area contributed by atoms with E-state index in [4.69, 9.17) is 4.98 Å². The van der Waals surface area contributed by atoms with Gasteiger partial charge in [0.2, 0.25) is 0 Å². The van der Waals surface area contributed by atoms with Crippen molar-refractivity contribution in [3.63, 3.8) is 0 Å². The van der Waals surface area contributed by atoms with Gasteiger partial charge in [-0.05, 0) is 31.2 Å². The van der Waals surface area contributed by atoms with Gasteiger partial charge in [-0.2, -0.15) is 11.8 Å². The van der Waals surface area contributed by atoms with Crippen molar-refractivity contribution in [3.05, 3.63) is 29.3 Å². The van der Waals surface area contributed by atoms with Gasteiger partial charge in [0.25, 0.3) is 0 Å². The smallest absolute Gasteiger partial charge is 0.108 e. The van der Waals surface area contributed by atoms with Crippen molar-refractivity contribution in [2.24, 2.45) is 0 Å². The molecule has 1 saturated carbocycles. The summed E-state index contributed by atoms with van der Waals surface area (Å²) in [5, 5.41) is 5.72. The van der Waals surface area contributed by atoms with E-state index in [1.54, 1.807) is 0 Å². The number of hydrogen-bond donors (Lipinski definition) is 1. The predicted octanol–water partition coefficient (Wildman–Crippen LogP) is 4.06. The van der Waals surface area contributed by atoms with E-state index in [0.717, 1.165) is 17.3 Å². The molecule has 0 amide bonds. The highest BCUT2D eigenvalue weighted by atomic mass is 32.2. The third-order valence-electron chi connectivity index (χ3n) is 3.86. The normalized spacial score (nSPS) is 23.8. The Morgan fingerprint density at radius 2 is 2.16 bits per heavy atom. The highest BCUT2D eigenvalue weighted by molar-refractivity contribution is 7.99. The zero-order chi connectivity index (χ0) is 13.1. The van der Waals surface area contributed by atoms with Gasteiger partial charge in [0.15, 0.2) is 0 Å². The van der Waals surface area contributed by atoms with E-state index in [1.165, 1.54) is 35.4 Å². The number of rotatable bonds is 4. The molecule has 4 heteroatoms. The molecule has 1 aliphatic carbocycles. The quantitative estimate of drug-likeness (QED) is 0.920. The maximum atomic E-state index is 4.70. The summed E-state index contributed by atoms with van der Waals surface area (Å²) in [6.45, 7) is 0.918. The molecule has 19 heavy (non-hydrogen) atoms. The van der Waals surface area contributed by atoms with Crippen LogP contribution in [0.3, 0.4) is 0 Å². The number of para-hydroxylation sites is 1. The van der Waals surface area contributed by atoms with Gasteiger partial charge >= 0.3 is 0 Å². The third kappa shape index (κ3) is 3.12. The van der Waals surface area contributed by atoms with Crippen LogP contribution in [-0.4, -0.2) is 22.5 Å². The Morgan fingerprint density at radius 3 is 3.00 bits per heavy atom. The summed E-state index contributed by atoms with van der Waals surface area (Å²) in [6, 6.07) is 9.06. The fourth-order valence-corrected chi connectivity index (χ4v) is 4.71. The second-order valence-corrected chi connectivity index (χ2v) is 7.31. The standard InChI is InChI=1S/C15H20N2S2/c1-18-13-8-4-2-6-11(13)16-10-15-17-12-7-3-5-9-14(12)19-15/h3,5,7,9,11,13,16H,2,4,6,8,10H2,1H3. The first-order valence-corrected chi connectivity index (χ1v) is 9.08. The van der Waals surface area contributed by atoms with Crippen molar-refractivity contribution in [2.75, 3.05) is 6.26 Å². The van der Waals surface area contributed by atoms with Crippen LogP contribution >= 0.6 is 23.1 Å². The van der Waals surface area contributed by atoms with Gasteiger partial charge in [0.05, 0.1) is 10.2 Å². The number of thioether (sulfide) groups is 1. The molecule has 1 aromatic carbocycles. The molecule has 1 aliphatic rings. The van der Waals surface area contributed by atoms with E-state index in [-0.39, 0.29) is 0 Å². The Morgan fingerprint density at radius 1 is 1.32 bits per heavy atom. The lowest BCUT2D eigenvalue weighted by Gasteiger charge is -2.30. The van der Waals surface area contributed by atoms with Gasteiger partial charge in [0, 0.05) is 17.8 Å². The van der Waals surface area contributed by atoms with Gasteiger partial charge in [-0.3, -0.25) is 0 Å². The SMILES string of the molecule is CSC1CCCCC1NCc1nc2ccccc2s1. The molecule has 2 atom stereocenters. The molecule has 2 nitrogen and oxygen atoms in total. The summed E-state index contributed by atoms with van der Waals surface area (Å²) in [4.78, 5) is 4.70. The minimum Gasteiger partial charge on any atom is -0.307 e. The fraction of sp³-hybridized carbons (Fsp3) is 0.533. The van der Waals surface area contributed by atoms with Gasteiger partial charge < -0.3 is 5.32 Å². The van der Waals surface area contributed by atoms with Crippen LogP contribution in [0.15, 0.2) is 24.3 Å². The van der Waals surface area contributed by atoms with Crippen molar-refractivity contribution in [3.8, 4) is 0 Å². The summed E-state index contributed by atoms with van der Waals surface area (Å²) in [7, 11) is 0. The molecular formula is C15H20N2S2. The van der Waals surface area contributed by atoms with Crippen LogP contribution in [0.25, 0.3) is 10.2 Å². The number of hydrogen-bond acceptors (Lipinski definition) is 4. The highest BCUT2D eigenvalue weighted by Gasteiger charge is 2.23. The molecule has 0 spiro atoms. The van der Waals surface area contributed by atoms with Gasteiger partial charge in [-0.15, -0.1) is 11.3 Å². The summed E-state index contributed by atoms with van der Waals surface area (Å²) < 4.78 is 1.30. The Bertz CT molecular complexity index is 505. The Balaban J connectivity index is 1.64. The zero-order valence-corrected chi connectivity index (χ0v) is 12.9. The number of nitrogens with one attached hydrogen (secondary N) is 1. The molecule has 0 saturated heterocycles. The van der Waals surface area contributed by atoms with Gasteiger partial charge in [0.1, 0.15) is 5.01 Å². The van der Waals surface area contributed by atoms with Crippen molar-refractivity contribution in [2.45, 2.75) is 43.5 Å². The second kappa shape index (κ2) is 6.25. The summed E-state index contributed by atoms with van der Waals surface area (Å²) >= 11 is 3.83. The number of benzene rings is 1. The Labute approximate surface area is 123 Å². The summed E-state index contributed by atoms with van der Waals surface area (Å²) in [5.41, 5.74) is 1.13. The topological polar surface area (TPSA) is 24.9 Å². The van der Waals surface area contributed by atoms with Gasteiger partial charge in [-0.25, -0.2) is 4.98 Å². The summed E-state index contributed by atoms with van der Waals surface area (Å²) in [6.07, 6.45) is 7.68. The lowest BCUT2D eigenvalue weighted by Crippen LogP contribution is -2.39. The van der Waals surface area contributed by atoms with Crippen LogP contribution in [0, 0.1) is 0 Å². The molecule has 1 aromatic heterocycles. The van der Waals surface area contributed by atoms with E-state index in [0.29, 0.717) is 6.04 Å². The van der Waals surface area contributed by atoms with E-state index >= 15 is 0 Å². The first-order valence-electron chi connectivity index (χ1n) is 6.97. The molecule has 2 aromatic rings. The molecule has 102 valence electrons. The Kier molecular flexibility index (Phi) is 4.41. The van der Waals surface area contributed by atoms with Gasteiger partial charge in [-0.1, -0.05) is 25.0 Å². The minimum absolute atomic E-state index is 0.663. The number of nitrogens with zero attached hydrogens (tertiary/aromatic N) is 1. The van der Waals surface area contributed by atoms with Crippen molar-refractivity contribution < 1.29 is 0 Å². The zero-order valence-electron chi connectivity index (χ0n) is 11.3. The molecule has 0 aliphatic heterocycles. The monoisotopic (exact) mass is 292 g/mol. The molecule has 1 fully saturated rings. The maximum absolute atomic E-state index is 4.70. The maximum Gasteiger partial charge on any atom is 0.108 e.